The number of carbonyl (C=O) groups excluding carboxylic acids is 5. The minimum atomic E-state index is -0.995. The highest BCUT2D eigenvalue weighted by molar-refractivity contribution is 5.99. The number of nitrogens with one attached hydrogen (secondary N) is 4. The number of hydrogen-bond donors (Lipinski definition) is 13. The fraction of sp³-hybridized carbons (Fsp3) is 0.250. The van der Waals surface area contributed by atoms with E-state index in [1.807, 2.05) is 13.8 Å². The number of carboxylic acids is 1. The lowest BCUT2D eigenvalue weighted by atomic mass is 10.1. The van der Waals surface area contributed by atoms with E-state index in [2.05, 4.69) is 10.6 Å². The molecule has 2 heterocycles. The average Bonchev–Trinajstić information content (AvgIpc) is 3.98. The monoisotopic (exact) mass is 1140 g/mol. The number of aromatic carboxylic acids is 1. The van der Waals surface area contributed by atoms with Crippen molar-refractivity contribution < 1.29 is 77.4 Å². The van der Waals surface area contributed by atoms with Gasteiger partial charge in [0.1, 0.15) is 45.6 Å². The Morgan fingerprint density at radius 3 is 1.56 bits per heavy atom. The zero-order valence-electron chi connectivity index (χ0n) is 46.6. The van der Waals surface area contributed by atoms with Gasteiger partial charge in [0.05, 0.1) is 55.8 Å². The van der Waals surface area contributed by atoms with Crippen molar-refractivity contribution in [1.82, 2.24) is 21.6 Å². The van der Waals surface area contributed by atoms with E-state index >= 15 is 0 Å². The lowest BCUT2D eigenvalue weighted by molar-refractivity contribution is -0.127. The molecule has 6 aromatic rings. The zero-order chi connectivity index (χ0) is 61.4. The van der Waals surface area contributed by atoms with E-state index < -0.39 is 29.5 Å². The SMILES string of the molecule is CC(C)Oc1ccc(N)cc1C(=O)NO.CC1(C)OC(=O)c2cc(N)ccc2O1.CCOc1ccc(N)cc1C(=O)NO.CNC(=O)c1cc(N)ccc1OC.CNC(=O)c1ccc(N)cc1OC.Nc1cc2c(c(C(=O)O)c1)OCC2. The maximum atomic E-state index is 11.5. The van der Waals surface area contributed by atoms with Crippen molar-refractivity contribution in [2.24, 2.45) is 0 Å². The Balaban J connectivity index is 0.000000258. The molecule has 0 bridgehead atoms. The Morgan fingerprint density at radius 2 is 1.05 bits per heavy atom. The highest BCUT2D eigenvalue weighted by Crippen LogP contribution is 2.33. The molecule has 2 aliphatic heterocycles. The first-order valence-electron chi connectivity index (χ1n) is 24.7. The number of cyclic esters (lactones) is 1. The van der Waals surface area contributed by atoms with Gasteiger partial charge in [0.2, 0.25) is 5.79 Å². The molecule has 0 radical (unpaired) electrons. The zero-order valence-corrected chi connectivity index (χ0v) is 46.6. The van der Waals surface area contributed by atoms with Crippen molar-refractivity contribution in [3.63, 3.8) is 0 Å². The van der Waals surface area contributed by atoms with E-state index in [0.29, 0.717) is 98.5 Å². The summed E-state index contributed by atoms with van der Waals surface area (Å²) in [6.45, 7) is 9.84. The molecule has 8 rings (SSSR count). The minimum absolute atomic E-state index is 0.0566. The molecular formula is C56H70N10O16. The Bertz CT molecular complexity index is 3210. The van der Waals surface area contributed by atoms with Crippen LogP contribution in [0.1, 0.15) is 102 Å². The molecule has 0 aliphatic carbocycles. The maximum absolute atomic E-state index is 11.5. The number of nitrogen functional groups attached to an aromatic ring is 6. The van der Waals surface area contributed by atoms with E-state index in [0.717, 1.165) is 12.0 Å². The van der Waals surface area contributed by atoms with Gasteiger partial charge >= 0.3 is 11.9 Å². The molecule has 0 spiro atoms. The summed E-state index contributed by atoms with van der Waals surface area (Å²) in [5.74, 6) is -1.18. The van der Waals surface area contributed by atoms with Crippen LogP contribution in [0.2, 0.25) is 0 Å². The van der Waals surface area contributed by atoms with Crippen molar-refractivity contribution >= 4 is 69.7 Å². The van der Waals surface area contributed by atoms with Crippen molar-refractivity contribution in [1.29, 1.82) is 0 Å². The Labute approximate surface area is 472 Å². The number of ether oxygens (including phenoxy) is 7. The van der Waals surface area contributed by atoms with Crippen LogP contribution in [0.4, 0.5) is 34.1 Å². The molecule has 0 saturated carbocycles. The minimum Gasteiger partial charge on any atom is -0.496 e. The lowest BCUT2D eigenvalue weighted by Gasteiger charge is -2.31. The van der Waals surface area contributed by atoms with Crippen LogP contribution in [-0.2, 0) is 11.2 Å². The van der Waals surface area contributed by atoms with Gasteiger partial charge in [-0.2, -0.15) is 0 Å². The summed E-state index contributed by atoms with van der Waals surface area (Å²) >= 11 is 0. The number of rotatable bonds is 11. The van der Waals surface area contributed by atoms with Gasteiger partial charge in [0.25, 0.3) is 23.6 Å². The second-order valence-electron chi connectivity index (χ2n) is 17.7. The summed E-state index contributed by atoms with van der Waals surface area (Å²) in [5.41, 5.74) is 42.1. The number of carbonyl (C=O) groups is 6. The number of methoxy groups -OCH3 is 2. The number of hydrogen-bond acceptors (Lipinski definition) is 21. The molecule has 26 nitrogen and oxygen atoms in total. The largest absolute Gasteiger partial charge is 0.496 e. The van der Waals surface area contributed by atoms with Gasteiger partial charge in [-0.3, -0.25) is 29.6 Å². The Hall–Kier alpha value is -10.3. The Kier molecular flexibility index (Phi) is 25.2. The topological polar surface area (TPSA) is 432 Å². The number of nitrogens with two attached hydrogens (primary N) is 6. The molecule has 6 aromatic carbocycles. The third-order valence-corrected chi connectivity index (χ3v) is 10.7. The highest BCUT2D eigenvalue weighted by Gasteiger charge is 2.33. The summed E-state index contributed by atoms with van der Waals surface area (Å²) in [5, 5.41) is 30.9. The van der Waals surface area contributed by atoms with E-state index in [1.54, 1.807) is 125 Å². The molecule has 0 atom stereocenters. The molecule has 440 valence electrons. The van der Waals surface area contributed by atoms with Gasteiger partial charge in [-0.1, -0.05) is 0 Å². The van der Waals surface area contributed by atoms with E-state index in [-0.39, 0.29) is 34.6 Å². The third kappa shape index (κ3) is 19.5. The molecular weight excluding hydrogens is 1070 g/mol. The van der Waals surface area contributed by atoms with Crippen molar-refractivity contribution in [3.05, 3.63) is 142 Å². The number of fused-ring (bicyclic) bond motifs is 2. The molecule has 19 N–H and O–H groups in total. The maximum Gasteiger partial charge on any atom is 0.345 e. The number of carboxylic acid groups (broad SMARTS) is 1. The molecule has 26 heteroatoms. The van der Waals surface area contributed by atoms with Crippen molar-refractivity contribution in [2.75, 3.05) is 75.9 Å². The van der Waals surface area contributed by atoms with Gasteiger partial charge in [-0.15, -0.1) is 0 Å². The second-order valence-corrected chi connectivity index (χ2v) is 17.7. The number of amides is 4. The number of esters is 1. The predicted molar refractivity (Wildman–Crippen MR) is 307 cm³/mol. The van der Waals surface area contributed by atoms with E-state index in [1.165, 1.54) is 37.9 Å². The van der Waals surface area contributed by atoms with Gasteiger partial charge in [0, 0.05) is 80.1 Å². The smallest absolute Gasteiger partial charge is 0.345 e. The quantitative estimate of drug-likeness (QED) is 0.0320. The first-order chi connectivity index (χ1) is 38.8. The lowest BCUT2D eigenvalue weighted by Crippen LogP contribution is -2.38. The van der Waals surface area contributed by atoms with E-state index in [9.17, 15) is 28.8 Å². The highest BCUT2D eigenvalue weighted by atomic mass is 16.7. The van der Waals surface area contributed by atoms with Crippen LogP contribution in [0.15, 0.2) is 103 Å². The number of hydroxylamine groups is 2. The normalized spacial score (nSPS) is 11.7. The first-order valence-corrected chi connectivity index (χ1v) is 24.7. The van der Waals surface area contributed by atoms with Crippen LogP contribution in [-0.4, -0.2) is 105 Å². The van der Waals surface area contributed by atoms with Crippen LogP contribution in [0, 0.1) is 0 Å². The molecule has 4 amide bonds. The molecule has 0 unspecified atom stereocenters. The molecule has 0 aromatic heterocycles. The molecule has 0 saturated heterocycles. The fourth-order valence-corrected chi connectivity index (χ4v) is 7.13. The predicted octanol–water partition coefficient (Wildman–Crippen LogP) is 5.69. The second kappa shape index (κ2) is 31.3. The van der Waals surface area contributed by atoms with Crippen LogP contribution < -0.4 is 84.4 Å². The van der Waals surface area contributed by atoms with Crippen LogP contribution >= 0.6 is 0 Å². The standard InChI is InChI=1S/C10H14N2O3.C10H11NO3.C9H12N2O3.2C9H12N2O2.C9H9NO3/c1-6(2)15-9-4-3-7(11)5-8(9)10(13)12-14;1-10(2)13-8-4-3-6(11)5-7(8)9(12)14-10;1-2-14-8-4-3-6(10)5-7(8)9(12)11-13;1-11-9(12)7-5-6(10)3-4-8(7)13-2;1-11-9(12)7-4-3-6(10)5-8(7)13-2;10-6-3-5-1-2-13-8(5)7(4-6)9(11)12/h3-6,14H,11H2,1-2H3,(H,12,13);3-5H,11H2,1-2H3;3-5,13H,2,10H2,1H3,(H,11,12);2*3-5H,10H2,1-2H3,(H,11,12);3-4H,1-2,10H2,(H,11,12). The van der Waals surface area contributed by atoms with Gasteiger partial charge in [-0.25, -0.2) is 20.5 Å². The summed E-state index contributed by atoms with van der Waals surface area (Å²) in [6, 6.07) is 27.3. The fourth-order valence-electron chi connectivity index (χ4n) is 7.13. The van der Waals surface area contributed by atoms with Gasteiger partial charge in [-0.05, 0) is 118 Å². The van der Waals surface area contributed by atoms with E-state index in [4.69, 9.17) is 83.1 Å². The molecule has 82 heavy (non-hydrogen) atoms. The van der Waals surface area contributed by atoms with Crippen molar-refractivity contribution in [3.8, 4) is 34.5 Å². The van der Waals surface area contributed by atoms with Crippen LogP contribution in [0.25, 0.3) is 0 Å². The summed E-state index contributed by atoms with van der Waals surface area (Å²) in [4.78, 5) is 67.3. The number of anilines is 6. The van der Waals surface area contributed by atoms with Gasteiger partial charge in [0.15, 0.2) is 0 Å². The Morgan fingerprint density at radius 1 is 0.585 bits per heavy atom. The van der Waals surface area contributed by atoms with Crippen molar-refractivity contribution in [2.45, 2.75) is 52.9 Å². The third-order valence-electron chi connectivity index (χ3n) is 10.7. The first kappa shape index (κ1) is 65.9. The summed E-state index contributed by atoms with van der Waals surface area (Å²) in [6.07, 6.45) is 0.680. The van der Waals surface area contributed by atoms with Crippen LogP contribution in [0.5, 0.6) is 34.5 Å². The molecule has 2 aliphatic rings. The summed E-state index contributed by atoms with van der Waals surface area (Å²) < 4.78 is 36.3. The number of benzene rings is 6. The van der Waals surface area contributed by atoms with Gasteiger partial charge < -0.3 is 83.3 Å². The average molecular weight is 1140 g/mol. The molecule has 0 fully saturated rings. The summed E-state index contributed by atoms with van der Waals surface area (Å²) in [7, 11) is 6.14. The van der Waals surface area contributed by atoms with Crippen LogP contribution in [0.3, 0.4) is 0 Å².